The smallest absolute Gasteiger partial charge is 0.272 e. The molecule has 1 aromatic carbocycles. The molecule has 0 fully saturated rings. The number of hydrogen-bond donors (Lipinski definition) is 1. The Morgan fingerprint density at radius 2 is 2.17 bits per heavy atom. The van der Waals surface area contributed by atoms with E-state index in [2.05, 4.69) is 10.3 Å². The number of amides is 1. The zero-order valence-electron chi connectivity index (χ0n) is 16.1. The lowest BCUT2D eigenvalue weighted by Gasteiger charge is -2.14. The highest BCUT2D eigenvalue weighted by molar-refractivity contribution is 7.99. The van der Waals surface area contributed by atoms with E-state index in [0.717, 1.165) is 12.0 Å². The van der Waals surface area contributed by atoms with Crippen molar-refractivity contribution in [3.05, 3.63) is 45.6 Å². The minimum atomic E-state index is -0.104. The molecular weight excluding hydrogens is 410 g/mol. The Hall–Kier alpha value is -2.52. The van der Waals surface area contributed by atoms with Crippen molar-refractivity contribution in [1.29, 1.82) is 0 Å². The van der Waals surface area contributed by atoms with Crippen molar-refractivity contribution in [2.24, 2.45) is 0 Å². The van der Waals surface area contributed by atoms with E-state index in [1.807, 2.05) is 43.5 Å². The van der Waals surface area contributed by atoms with Gasteiger partial charge in [0.25, 0.3) is 5.56 Å². The molecule has 0 radical (unpaired) electrons. The Balaban J connectivity index is 1.62. The van der Waals surface area contributed by atoms with E-state index in [9.17, 15) is 9.59 Å². The molecule has 2 aromatic heterocycles. The summed E-state index contributed by atoms with van der Waals surface area (Å²) in [5.41, 5.74) is 1.46. The molecule has 3 heterocycles. The molecule has 29 heavy (non-hydrogen) atoms. The number of benzene rings is 1. The topological polar surface area (TPSA) is 82.5 Å². The second-order valence-electron chi connectivity index (χ2n) is 6.77. The van der Waals surface area contributed by atoms with E-state index in [0.29, 0.717) is 33.4 Å². The molecule has 3 aromatic rings. The second kappa shape index (κ2) is 8.46. The first-order chi connectivity index (χ1) is 14.0. The van der Waals surface area contributed by atoms with Crippen molar-refractivity contribution in [2.45, 2.75) is 38.0 Å². The van der Waals surface area contributed by atoms with Gasteiger partial charge in [0.05, 0.1) is 17.8 Å². The van der Waals surface area contributed by atoms with Gasteiger partial charge in [0.2, 0.25) is 12.7 Å². The molecule has 0 saturated carbocycles. The van der Waals surface area contributed by atoms with Crippen molar-refractivity contribution >= 4 is 39.2 Å². The van der Waals surface area contributed by atoms with Crippen LogP contribution in [0.3, 0.4) is 0 Å². The molecule has 1 N–H and O–H groups in total. The summed E-state index contributed by atoms with van der Waals surface area (Å²) in [5, 5.41) is 5.32. The second-order valence-corrected chi connectivity index (χ2v) is 8.63. The van der Waals surface area contributed by atoms with Gasteiger partial charge in [-0.3, -0.25) is 14.2 Å². The fraction of sp³-hybridized carbons (Fsp3) is 0.350. The maximum atomic E-state index is 13.1. The number of ether oxygens (including phenoxy) is 2. The monoisotopic (exact) mass is 431 g/mol. The zero-order valence-corrected chi connectivity index (χ0v) is 17.8. The first kappa shape index (κ1) is 19.8. The van der Waals surface area contributed by atoms with Gasteiger partial charge in [-0.2, -0.15) is 0 Å². The molecule has 1 atom stereocenters. The Kier molecular flexibility index (Phi) is 5.77. The van der Waals surface area contributed by atoms with Crippen LogP contribution < -0.4 is 20.3 Å². The summed E-state index contributed by atoms with van der Waals surface area (Å²) in [4.78, 5) is 29.9. The fourth-order valence-electron chi connectivity index (χ4n) is 2.94. The molecule has 0 aliphatic carbocycles. The molecule has 7 nitrogen and oxygen atoms in total. The van der Waals surface area contributed by atoms with Crippen LogP contribution in [0.1, 0.15) is 25.8 Å². The molecule has 1 aliphatic heterocycles. The zero-order chi connectivity index (χ0) is 20.4. The molecule has 1 aliphatic rings. The predicted molar refractivity (Wildman–Crippen MR) is 114 cm³/mol. The van der Waals surface area contributed by atoms with Gasteiger partial charge < -0.3 is 14.8 Å². The highest BCUT2D eigenvalue weighted by Crippen LogP contribution is 2.33. The highest BCUT2D eigenvalue weighted by Gasteiger charge is 2.17. The van der Waals surface area contributed by atoms with E-state index >= 15 is 0 Å². The largest absolute Gasteiger partial charge is 0.454 e. The van der Waals surface area contributed by atoms with Gasteiger partial charge in [-0.25, -0.2) is 4.98 Å². The number of nitrogens with zero attached hydrogens (tertiary/aromatic N) is 2. The minimum Gasteiger partial charge on any atom is -0.454 e. The highest BCUT2D eigenvalue weighted by atomic mass is 32.2. The number of fused-ring (bicyclic) bond motifs is 2. The summed E-state index contributed by atoms with van der Waals surface area (Å²) in [6.45, 7) is 4.53. The summed E-state index contributed by atoms with van der Waals surface area (Å²) in [6.07, 6.45) is 0.865. The Morgan fingerprint density at radius 3 is 3.00 bits per heavy atom. The maximum Gasteiger partial charge on any atom is 0.272 e. The lowest BCUT2D eigenvalue weighted by atomic mass is 10.2. The number of hydrogen-bond acceptors (Lipinski definition) is 7. The molecule has 4 rings (SSSR count). The van der Waals surface area contributed by atoms with Crippen molar-refractivity contribution in [2.75, 3.05) is 12.5 Å². The van der Waals surface area contributed by atoms with Crippen LogP contribution in [0, 0.1) is 0 Å². The summed E-state index contributed by atoms with van der Waals surface area (Å²) in [6, 6.07) is 7.56. The average Bonchev–Trinajstić information content (AvgIpc) is 3.37. The van der Waals surface area contributed by atoms with E-state index in [1.54, 1.807) is 4.57 Å². The quantitative estimate of drug-likeness (QED) is 0.457. The van der Waals surface area contributed by atoms with Gasteiger partial charge in [0.15, 0.2) is 16.7 Å². The van der Waals surface area contributed by atoms with Crippen molar-refractivity contribution in [3.8, 4) is 11.5 Å². The van der Waals surface area contributed by atoms with E-state index in [1.165, 1.54) is 23.1 Å². The third-order valence-corrected chi connectivity index (χ3v) is 6.53. The number of thiophene rings is 1. The van der Waals surface area contributed by atoms with E-state index in [4.69, 9.17) is 9.47 Å². The predicted octanol–water partition coefficient (Wildman–Crippen LogP) is 3.24. The number of rotatable bonds is 7. The summed E-state index contributed by atoms with van der Waals surface area (Å²) in [7, 11) is 0. The van der Waals surface area contributed by atoms with Crippen LogP contribution in [0.15, 0.2) is 39.6 Å². The lowest BCUT2D eigenvalue weighted by Crippen LogP contribution is -2.33. The summed E-state index contributed by atoms with van der Waals surface area (Å²) in [5.74, 6) is 1.50. The Morgan fingerprint density at radius 1 is 1.34 bits per heavy atom. The van der Waals surface area contributed by atoms with Gasteiger partial charge in [0.1, 0.15) is 4.70 Å². The van der Waals surface area contributed by atoms with E-state index in [-0.39, 0.29) is 30.1 Å². The van der Waals surface area contributed by atoms with Crippen molar-refractivity contribution in [1.82, 2.24) is 14.9 Å². The van der Waals surface area contributed by atoms with Crippen molar-refractivity contribution < 1.29 is 14.3 Å². The van der Waals surface area contributed by atoms with Crippen LogP contribution >= 0.6 is 23.1 Å². The number of carbonyl (C=O) groups excluding carboxylic acids is 1. The van der Waals surface area contributed by atoms with Gasteiger partial charge in [-0.15, -0.1) is 11.3 Å². The fourth-order valence-corrected chi connectivity index (χ4v) is 4.53. The Labute approximate surface area is 176 Å². The van der Waals surface area contributed by atoms with Crippen LogP contribution in [-0.4, -0.2) is 34.0 Å². The Bertz CT molecular complexity index is 1110. The van der Waals surface area contributed by atoms with Crippen LogP contribution in [0.4, 0.5) is 0 Å². The minimum absolute atomic E-state index is 0.0707. The summed E-state index contributed by atoms with van der Waals surface area (Å²) < 4.78 is 13.0. The third-order valence-electron chi connectivity index (χ3n) is 4.66. The molecule has 0 saturated heterocycles. The van der Waals surface area contributed by atoms with Gasteiger partial charge in [-0.05, 0) is 42.5 Å². The maximum absolute atomic E-state index is 13.1. The van der Waals surface area contributed by atoms with Gasteiger partial charge in [-0.1, -0.05) is 24.8 Å². The van der Waals surface area contributed by atoms with Crippen LogP contribution in [-0.2, 0) is 11.3 Å². The van der Waals surface area contributed by atoms with E-state index < -0.39 is 0 Å². The lowest BCUT2D eigenvalue weighted by molar-refractivity contribution is -0.119. The first-order valence-corrected chi connectivity index (χ1v) is 11.2. The number of carbonyl (C=O) groups is 1. The molecule has 1 amide bonds. The third kappa shape index (κ3) is 4.25. The number of nitrogens with one attached hydrogen (secondary N) is 1. The molecule has 152 valence electrons. The molecule has 0 unspecified atom stereocenters. The van der Waals surface area contributed by atoms with Crippen LogP contribution in [0.25, 0.3) is 10.2 Å². The van der Waals surface area contributed by atoms with Crippen molar-refractivity contribution in [3.63, 3.8) is 0 Å². The van der Waals surface area contributed by atoms with Gasteiger partial charge >= 0.3 is 0 Å². The molecule has 0 bridgehead atoms. The first-order valence-electron chi connectivity index (χ1n) is 9.34. The molecular formula is C20H21N3O4S2. The molecule has 0 spiro atoms. The SMILES string of the molecule is CC[C@@H](C)NC(=O)CSc1nc2ccsc2c(=O)n1Cc1ccc2c(c1)OCO2. The van der Waals surface area contributed by atoms with Crippen LogP contribution in [0.2, 0.25) is 0 Å². The number of thioether (sulfide) groups is 1. The normalized spacial score (nSPS) is 13.6. The van der Waals surface area contributed by atoms with Gasteiger partial charge in [0, 0.05) is 6.04 Å². The molecule has 9 heteroatoms. The number of aromatic nitrogens is 2. The average molecular weight is 432 g/mol. The standard InChI is InChI=1S/C20H21N3O4S2/c1-3-12(2)21-17(24)10-29-20-22-14-6-7-28-18(14)19(25)23(20)9-13-4-5-15-16(8-13)27-11-26-15/h4-8,12H,3,9-11H2,1-2H3,(H,21,24)/t12-/m1/s1. The summed E-state index contributed by atoms with van der Waals surface area (Å²) >= 11 is 2.65. The van der Waals surface area contributed by atoms with Crippen LogP contribution in [0.5, 0.6) is 11.5 Å².